The minimum Gasteiger partial charge on any atom is -0.379 e. The molecule has 1 saturated carbocycles. The third kappa shape index (κ3) is 7.48. The molecule has 0 bridgehead atoms. The fourth-order valence-corrected chi connectivity index (χ4v) is 5.13. The second-order valence-corrected chi connectivity index (χ2v) is 8.93. The normalized spacial score (nSPS) is 21.0. The topological polar surface area (TPSA) is 85.1 Å². The number of rotatable bonds is 11. The lowest BCUT2D eigenvalue weighted by molar-refractivity contribution is -0.126. The van der Waals surface area contributed by atoms with Crippen molar-refractivity contribution in [1.82, 2.24) is 9.37 Å². The highest BCUT2D eigenvalue weighted by atomic mass is 32.2. The van der Waals surface area contributed by atoms with E-state index in [0.29, 0.717) is 19.6 Å². The Balaban J connectivity index is 1.87. The summed E-state index contributed by atoms with van der Waals surface area (Å²) in [5.41, 5.74) is 5.49. The Kier molecular flexibility index (Phi) is 9.65. The van der Waals surface area contributed by atoms with Crippen molar-refractivity contribution in [2.45, 2.75) is 57.4 Å². The predicted molar refractivity (Wildman–Crippen MR) is 98.6 cm³/mol. The first kappa shape index (κ1) is 21.1. The molecule has 0 aromatic carbocycles. The van der Waals surface area contributed by atoms with E-state index in [1.807, 2.05) is 0 Å². The minimum atomic E-state index is -3.38. The number of hydrogen-bond donors (Lipinski definition) is 1. The van der Waals surface area contributed by atoms with E-state index in [-0.39, 0.29) is 11.8 Å². The first-order chi connectivity index (χ1) is 12.1. The van der Waals surface area contributed by atoms with Crippen LogP contribution in [0.15, 0.2) is 0 Å². The lowest BCUT2D eigenvalue weighted by Crippen LogP contribution is -2.45. The van der Waals surface area contributed by atoms with Crippen molar-refractivity contribution in [1.29, 1.82) is 0 Å². The first-order valence-corrected chi connectivity index (χ1v) is 11.4. The molecule has 0 unspecified atom stereocenters. The van der Waals surface area contributed by atoms with Crippen LogP contribution in [0.4, 0.5) is 0 Å². The van der Waals surface area contributed by atoms with Crippen molar-refractivity contribution in [2.75, 3.05) is 51.8 Å². The summed E-state index contributed by atoms with van der Waals surface area (Å²) in [5, 5.41) is 0. The standard InChI is InChI=1S/C17H35N3O4S/c18-9-5-2-6-16-25(21,22)20(17-7-3-1-4-8-17)24-15-12-19-10-13-23-14-11-19/h17H,1-16,18H2. The molecule has 7 nitrogen and oxygen atoms in total. The fourth-order valence-electron chi connectivity index (χ4n) is 3.48. The zero-order chi connectivity index (χ0) is 18.0. The average Bonchev–Trinajstić information content (AvgIpc) is 2.64. The molecule has 1 saturated heterocycles. The van der Waals surface area contributed by atoms with Crippen LogP contribution in [0.2, 0.25) is 0 Å². The van der Waals surface area contributed by atoms with Gasteiger partial charge in [0.15, 0.2) is 0 Å². The van der Waals surface area contributed by atoms with Crippen LogP contribution in [-0.4, -0.2) is 75.6 Å². The van der Waals surface area contributed by atoms with Crippen LogP contribution in [0.25, 0.3) is 0 Å². The predicted octanol–water partition coefficient (Wildman–Crippen LogP) is 1.34. The second kappa shape index (κ2) is 11.5. The van der Waals surface area contributed by atoms with Crippen LogP contribution in [0, 0.1) is 0 Å². The van der Waals surface area contributed by atoms with Crippen LogP contribution in [0.1, 0.15) is 51.4 Å². The van der Waals surface area contributed by atoms with E-state index < -0.39 is 10.0 Å². The van der Waals surface area contributed by atoms with E-state index in [1.165, 1.54) is 10.9 Å². The second-order valence-electron chi connectivity index (χ2n) is 7.00. The Morgan fingerprint density at radius 3 is 2.48 bits per heavy atom. The van der Waals surface area contributed by atoms with Crippen molar-refractivity contribution in [3.8, 4) is 0 Å². The molecule has 8 heteroatoms. The molecule has 0 aromatic heterocycles. The van der Waals surface area contributed by atoms with E-state index in [1.54, 1.807) is 0 Å². The summed E-state index contributed by atoms with van der Waals surface area (Å²) in [6.45, 7) is 5.03. The van der Waals surface area contributed by atoms with Crippen LogP contribution < -0.4 is 5.73 Å². The van der Waals surface area contributed by atoms with Gasteiger partial charge in [0.1, 0.15) is 0 Å². The number of unbranched alkanes of at least 4 members (excludes halogenated alkanes) is 2. The van der Waals surface area contributed by atoms with Gasteiger partial charge in [-0.05, 0) is 32.2 Å². The SMILES string of the molecule is NCCCCCS(=O)(=O)N(OCCN1CCOCC1)C1CCCCC1. The Morgan fingerprint density at radius 2 is 1.80 bits per heavy atom. The highest BCUT2D eigenvalue weighted by Gasteiger charge is 2.32. The van der Waals surface area contributed by atoms with Gasteiger partial charge in [0, 0.05) is 19.6 Å². The van der Waals surface area contributed by atoms with Gasteiger partial charge in [-0.3, -0.25) is 9.74 Å². The molecule has 2 fully saturated rings. The number of sulfonamides is 1. The molecule has 0 aromatic rings. The zero-order valence-corrected chi connectivity index (χ0v) is 16.2. The maximum Gasteiger partial charge on any atom is 0.236 e. The minimum absolute atomic E-state index is 0.00190. The third-order valence-electron chi connectivity index (χ3n) is 4.98. The van der Waals surface area contributed by atoms with Crippen LogP contribution in [0.3, 0.4) is 0 Å². The Bertz CT molecular complexity index is 449. The summed E-state index contributed by atoms with van der Waals surface area (Å²) in [6.07, 6.45) is 7.52. The van der Waals surface area contributed by atoms with Gasteiger partial charge in [-0.15, -0.1) is 0 Å². The molecule has 1 aliphatic carbocycles. The van der Waals surface area contributed by atoms with E-state index in [9.17, 15) is 8.42 Å². The highest BCUT2D eigenvalue weighted by molar-refractivity contribution is 7.88. The molecular formula is C17H35N3O4S. The van der Waals surface area contributed by atoms with E-state index in [4.69, 9.17) is 15.3 Å². The number of morpholine rings is 1. The molecule has 2 aliphatic rings. The highest BCUT2D eigenvalue weighted by Crippen LogP contribution is 2.25. The maximum absolute atomic E-state index is 12.8. The van der Waals surface area contributed by atoms with Gasteiger partial charge in [0.2, 0.25) is 10.0 Å². The fraction of sp³-hybridized carbons (Fsp3) is 1.00. The van der Waals surface area contributed by atoms with Crippen molar-refractivity contribution in [2.24, 2.45) is 5.73 Å². The van der Waals surface area contributed by atoms with Gasteiger partial charge < -0.3 is 10.5 Å². The zero-order valence-electron chi connectivity index (χ0n) is 15.4. The van der Waals surface area contributed by atoms with Crippen LogP contribution in [-0.2, 0) is 19.6 Å². The number of hydroxylamine groups is 1. The third-order valence-corrected chi connectivity index (χ3v) is 6.74. The smallest absolute Gasteiger partial charge is 0.236 e. The van der Waals surface area contributed by atoms with Gasteiger partial charge >= 0.3 is 0 Å². The van der Waals surface area contributed by atoms with E-state index in [0.717, 1.165) is 71.4 Å². The molecule has 0 amide bonds. The van der Waals surface area contributed by atoms with Crippen LogP contribution in [0.5, 0.6) is 0 Å². The van der Waals surface area contributed by atoms with Crippen molar-refractivity contribution in [3.05, 3.63) is 0 Å². The number of ether oxygens (including phenoxy) is 1. The summed E-state index contributed by atoms with van der Waals surface area (Å²) in [6, 6.07) is -0.00190. The summed E-state index contributed by atoms with van der Waals surface area (Å²) in [7, 11) is -3.38. The molecular weight excluding hydrogens is 342 g/mol. The number of nitrogens with two attached hydrogens (primary N) is 1. The number of nitrogens with zero attached hydrogens (tertiary/aromatic N) is 2. The molecule has 2 rings (SSSR count). The van der Waals surface area contributed by atoms with Crippen molar-refractivity contribution in [3.63, 3.8) is 0 Å². The molecule has 1 heterocycles. The summed E-state index contributed by atoms with van der Waals surface area (Å²) in [5.74, 6) is 0.154. The van der Waals surface area contributed by atoms with Crippen molar-refractivity contribution < 1.29 is 18.0 Å². The van der Waals surface area contributed by atoms with Gasteiger partial charge in [-0.25, -0.2) is 8.42 Å². The van der Waals surface area contributed by atoms with Gasteiger partial charge in [-0.2, -0.15) is 0 Å². The quantitative estimate of drug-likeness (QED) is 0.432. The Hall–Kier alpha value is -0.250. The van der Waals surface area contributed by atoms with Crippen molar-refractivity contribution >= 4 is 10.0 Å². The van der Waals surface area contributed by atoms with E-state index >= 15 is 0 Å². The molecule has 1 aliphatic heterocycles. The van der Waals surface area contributed by atoms with Gasteiger partial charge in [0.05, 0.1) is 31.6 Å². The first-order valence-electron chi connectivity index (χ1n) is 9.78. The summed E-state index contributed by atoms with van der Waals surface area (Å²) >= 11 is 0. The van der Waals surface area contributed by atoms with Gasteiger partial charge in [-0.1, -0.05) is 30.2 Å². The van der Waals surface area contributed by atoms with Gasteiger partial charge in [0.25, 0.3) is 0 Å². The molecule has 2 N–H and O–H groups in total. The number of hydrogen-bond acceptors (Lipinski definition) is 6. The van der Waals surface area contributed by atoms with Crippen LogP contribution >= 0.6 is 0 Å². The molecule has 0 spiro atoms. The maximum atomic E-state index is 12.8. The molecule has 0 radical (unpaired) electrons. The lowest BCUT2D eigenvalue weighted by Gasteiger charge is -2.33. The molecule has 0 atom stereocenters. The Morgan fingerprint density at radius 1 is 1.08 bits per heavy atom. The monoisotopic (exact) mass is 377 g/mol. The summed E-state index contributed by atoms with van der Waals surface area (Å²) < 4.78 is 32.3. The summed E-state index contributed by atoms with van der Waals surface area (Å²) in [4.78, 5) is 8.10. The lowest BCUT2D eigenvalue weighted by atomic mass is 9.96. The molecule has 25 heavy (non-hydrogen) atoms. The largest absolute Gasteiger partial charge is 0.379 e. The average molecular weight is 378 g/mol. The Labute approximate surface area is 152 Å². The van der Waals surface area contributed by atoms with E-state index in [2.05, 4.69) is 4.90 Å². The molecule has 148 valence electrons.